The number of nitrogens with two attached hydrogens (primary N) is 1. The first-order chi connectivity index (χ1) is 13.0. The van der Waals surface area contributed by atoms with Crippen molar-refractivity contribution in [2.24, 2.45) is 5.73 Å². The van der Waals surface area contributed by atoms with Gasteiger partial charge in [-0.2, -0.15) is 0 Å². The summed E-state index contributed by atoms with van der Waals surface area (Å²) in [5, 5.41) is 0. The van der Waals surface area contributed by atoms with Crippen LogP contribution in [0.3, 0.4) is 0 Å². The van der Waals surface area contributed by atoms with E-state index in [2.05, 4.69) is 0 Å². The number of carbonyl (C=O) groups excluding carboxylic acids is 3. The lowest BCUT2D eigenvalue weighted by atomic mass is 10.1. The zero-order chi connectivity index (χ0) is 19.4. The van der Waals surface area contributed by atoms with Gasteiger partial charge in [0.05, 0.1) is 0 Å². The molecule has 0 bridgehead atoms. The minimum Gasteiger partial charge on any atom is -0.449 e. The summed E-state index contributed by atoms with van der Waals surface area (Å²) in [6, 6.07) is 18.4. The van der Waals surface area contributed by atoms with E-state index in [1.807, 2.05) is 0 Å². The molecule has 0 fully saturated rings. The van der Waals surface area contributed by atoms with Crippen molar-refractivity contribution in [3.63, 3.8) is 0 Å². The lowest BCUT2D eigenvalue weighted by Crippen LogP contribution is -2.26. The summed E-state index contributed by atoms with van der Waals surface area (Å²) in [5.41, 5.74) is 7.12. The minimum atomic E-state index is -1.21. The third kappa shape index (κ3) is 4.12. The summed E-state index contributed by atoms with van der Waals surface area (Å²) in [6.07, 6.45) is -1.21. The maximum Gasteiger partial charge on any atom is 0.375 e. The van der Waals surface area contributed by atoms with E-state index in [1.54, 1.807) is 60.7 Å². The summed E-state index contributed by atoms with van der Waals surface area (Å²) in [6.45, 7) is 1.48. The molecule has 6 nitrogen and oxygen atoms in total. The topological polar surface area (TPSA) is 99.6 Å². The van der Waals surface area contributed by atoms with E-state index in [1.165, 1.54) is 13.0 Å². The Balaban J connectivity index is 1.78. The molecule has 2 N–H and O–H groups in total. The zero-order valence-corrected chi connectivity index (χ0v) is 14.5. The molecule has 1 amide bonds. The molecule has 1 heterocycles. The lowest BCUT2D eigenvalue weighted by molar-refractivity contribution is -0.127. The van der Waals surface area contributed by atoms with Crippen LogP contribution in [0.15, 0.2) is 71.1 Å². The highest BCUT2D eigenvalue weighted by Gasteiger charge is 2.25. The molecule has 1 unspecified atom stereocenters. The van der Waals surface area contributed by atoms with E-state index >= 15 is 0 Å². The van der Waals surface area contributed by atoms with Gasteiger partial charge in [0.2, 0.25) is 11.9 Å². The highest BCUT2D eigenvalue weighted by atomic mass is 16.6. The van der Waals surface area contributed by atoms with Gasteiger partial charge in [0.25, 0.3) is 5.91 Å². The second-order valence-corrected chi connectivity index (χ2v) is 5.90. The van der Waals surface area contributed by atoms with Crippen LogP contribution in [0.2, 0.25) is 0 Å². The van der Waals surface area contributed by atoms with Crippen molar-refractivity contribution in [3.8, 4) is 11.3 Å². The molecule has 0 aliphatic heterocycles. The van der Waals surface area contributed by atoms with E-state index in [4.69, 9.17) is 14.9 Å². The molecule has 6 heteroatoms. The zero-order valence-electron chi connectivity index (χ0n) is 14.5. The lowest BCUT2D eigenvalue weighted by Gasteiger charge is -2.14. The molecule has 1 atom stereocenters. The van der Waals surface area contributed by atoms with Gasteiger partial charge in [0.15, 0.2) is 5.78 Å². The normalized spacial score (nSPS) is 11.6. The third-order valence-electron chi connectivity index (χ3n) is 3.97. The maximum atomic E-state index is 12.4. The Bertz CT molecular complexity index is 973. The quantitative estimate of drug-likeness (QED) is 0.533. The fraction of sp³-hybridized carbons (Fsp3) is 0.0952. The molecule has 2 aromatic carbocycles. The first-order valence-corrected chi connectivity index (χ1v) is 8.22. The number of hydrogen-bond donors (Lipinski definition) is 1. The number of furan rings is 1. The average Bonchev–Trinajstić information content (AvgIpc) is 3.17. The number of ketones is 1. The Morgan fingerprint density at radius 3 is 2.19 bits per heavy atom. The number of esters is 1. The van der Waals surface area contributed by atoms with Gasteiger partial charge in [-0.3, -0.25) is 9.59 Å². The maximum absolute atomic E-state index is 12.4. The number of ether oxygens (including phenoxy) is 1. The van der Waals surface area contributed by atoms with Gasteiger partial charge < -0.3 is 14.9 Å². The smallest absolute Gasteiger partial charge is 0.375 e. The number of Topliss-reactive ketones (excluding diaryl/α,β-unsaturated/α-hetero) is 1. The van der Waals surface area contributed by atoms with E-state index in [9.17, 15) is 14.4 Å². The van der Waals surface area contributed by atoms with Crippen LogP contribution in [0.1, 0.15) is 39.5 Å². The Morgan fingerprint density at radius 2 is 1.59 bits per heavy atom. The first kappa shape index (κ1) is 18.1. The predicted molar refractivity (Wildman–Crippen MR) is 97.9 cm³/mol. The van der Waals surface area contributed by atoms with Gasteiger partial charge in [-0.25, -0.2) is 4.79 Å². The van der Waals surface area contributed by atoms with E-state index in [-0.39, 0.29) is 11.5 Å². The standard InChI is InChI=1S/C21H17NO5/c1-13(23)14-7-9-15(10-8-14)17-11-12-18(26-17)21(25)27-19(20(22)24)16-5-3-2-4-6-16/h2-12,19H,1H3,(H2,22,24). The van der Waals surface area contributed by atoms with Crippen molar-refractivity contribution in [2.75, 3.05) is 0 Å². The van der Waals surface area contributed by atoms with Crippen LogP contribution >= 0.6 is 0 Å². The van der Waals surface area contributed by atoms with Crippen LogP contribution in [0.5, 0.6) is 0 Å². The van der Waals surface area contributed by atoms with Gasteiger partial charge in [0.1, 0.15) is 5.76 Å². The van der Waals surface area contributed by atoms with Crippen molar-refractivity contribution < 1.29 is 23.5 Å². The number of benzene rings is 2. The molecule has 0 spiro atoms. The summed E-state index contributed by atoms with van der Waals surface area (Å²) >= 11 is 0. The summed E-state index contributed by atoms with van der Waals surface area (Å²) in [4.78, 5) is 35.4. The summed E-state index contributed by atoms with van der Waals surface area (Å²) in [5.74, 6) is -1.23. The van der Waals surface area contributed by atoms with Crippen LogP contribution in [0.4, 0.5) is 0 Å². The largest absolute Gasteiger partial charge is 0.449 e. The van der Waals surface area contributed by atoms with Crippen LogP contribution in [-0.4, -0.2) is 17.7 Å². The third-order valence-corrected chi connectivity index (χ3v) is 3.97. The molecule has 136 valence electrons. The van der Waals surface area contributed by atoms with E-state index in [0.717, 1.165) is 0 Å². The monoisotopic (exact) mass is 363 g/mol. The molecule has 3 aromatic rings. The van der Waals surface area contributed by atoms with E-state index in [0.29, 0.717) is 22.5 Å². The molecule has 0 saturated heterocycles. The number of amides is 1. The molecule has 0 radical (unpaired) electrons. The Labute approximate surface area is 155 Å². The summed E-state index contributed by atoms with van der Waals surface area (Å²) in [7, 11) is 0. The molecule has 27 heavy (non-hydrogen) atoms. The van der Waals surface area contributed by atoms with E-state index < -0.39 is 18.0 Å². The van der Waals surface area contributed by atoms with Gasteiger partial charge >= 0.3 is 5.97 Å². The van der Waals surface area contributed by atoms with Crippen LogP contribution in [-0.2, 0) is 9.53 Å². The predicted octanol–water partition coefficient (Wildman–Crippen LogP) is 3.53. The van der Waals surface area contributed by atoms with Crippen molar-refractivity contribution in [1.29, 1.82) is 0 Å². The molecule has 3 rings (SSSR count). The summed E-state index contributed by atoms with van der Waals surface area (Å²) < 4.78 is 10.8. The van der Waals surface area contributed by atoms with Crippen LogP contribution < -0.4 is 5.73 Å². The first-order valence-electron chi connectivity index (χ1n) is 8.22. The van der Waals surface area contributed by atoms with Crippen LogP contribution in [0.25, 0.3) is 11.3 Å². The Hall–Kier alpha value is -3.67. The SMILES string of the molecule is CC(=O)c1ccc(-c2ccc(C(=O)OC(C(N)=O)c3ccccc3)o2)cc1. The molecular formula is C21H17NO5. The van der Waals surface area contributed by atoms with Crippen molar-refractivity contribution in [3.05, 3.63) is 83.6 Å². The molecule has 1 aromatic heterocycles. The number of carbonyl (C=O) groups is 3. The van der Waals surface area contributed by atoms with Crippen molar-refractivity contribution in [2.45, 2.75) is 13.0 Å². The molecule has 0 aliphatic rings. The van der Waals surface area contributed by atoms with Gasteiger partial charge in [0, 0.05) is 16.7 Å². The van der Waals surface area contributed by atoms with Gasteiger partial charge in [-0.05, 0) is 19.1 Å². The minimum absolute atomic E-state index is 0.0383. The van der Waals surface area contributed by atoms with Crippen LogP contribution in [0, 0.1) is 0 Å². The van der Waals surface area contributed by atoms with Crippen molar-refractivity contribution >= 4 is 17.7 Å². The molecular weight excluding hydrogens is 346 g/mol. The fourth-order valence-electron chi connectivity index (χ4n) is 2.56. The second kappa shape index (κ2) is 7.70. The Morgan fingerprint density at radius 1 is 0.926 bits per heavy atom. The van der Waals surface area contributed by atoms with Crippen molar-refractivity contribution in [1.82, 2.24) is 0 Å². The highest BCUT2D eigenvalue weighted by Crippen LogP contribution is 2.25. The molecule has 0 aliphatic carbocycles. The van der Waals surface area contributed by atoms with Gasteiger partial charge in [-0.15, -0.1) is 0 Å². The average molecular weight is 363 g/mol. The highest BCUT2D eigenvalue weighted by molar-refractivity contribution is 5.94. The number of rotatable bonds is 6. The van der Waals surface area contributed by atoms with Gasteiger partial charge in [-0.1, -0.05) is 54.6 Å². The number of primary amides is 1. The molecule has 0 saturated carbocycles. The fourth-order valence-corrected chi connectivity index (χ4v) is 2.56. The second-order valence-electron chi connectivity index (χ2n) is 5.90. The Kier molecular flexibility index (Phi) is 5.17. The number of hydrogen-bond acceptors (Lipinski definition) is 5.